The van der Waals surface area contributed by atoms with Gasteiger partial charge in [-0.15, -0.1) is 11.3 Å². The number of imide groups is 1. The normalized spacial score (nSPS) is 12.9. The molecule has 0 bridgehead atoms. The molecule has 0 atom stereocenters. The van der Waals surface area contributed by atoms with E-state index in [0.717, 1.165) is 21.2 Å². The monoisotopic (exact) mass is 509 g/mol. The Balaban J connectivity index is 1.35. The molecule has 10 nitrogen and oxygen atoms in total. The lowest BCUT2D eigenvalue weighted by molar-refractivity contribution is 0.0692. The number of carbonyl (C=O) groups is 3. The number of anilines is 4. The highest BCUT2D eigenvalue weighted by Crippen LogP contribution is 2.33. The summed E-state index contributed by atoms with van der Waals surface area (Å²) in [6.45, 7) is 1.91. The van der Waals surface area contributed by atoms with Crippen LogP contribution in [0.15, 0.2) is 54.3 Å². The SMILES string of the molecule is Cc1ccc2cnc(Nc3ccc4c(c3)C(=O)N(C)C4=O)cc2c1NC(=O)c1csc2c(N)ncnc12. The van der Waals surface area contributed by atoms with Gasteiger partial charge < -0.3 is 16.4 Å². The van der Waals surface area contributed by atoms with E-state index in [9.17, 15) is 14.4 Å². The van der Waals surface area contributed by atoms with Crippen molar-refractivity contribution in [2.75, 3.05) is 23.4 Å². The zero-order valence-corrected chi connectivity index (χ0v) is 20.5. The largest absolute Gasteiger partial charge is 0.382 e. The van der Waals surface area contributed by atoms with E-state index in [1.807, 2.05) is 25.1 Å². The molecular weight excluding hydrogens is 490 g/mol. The van der Waals surface area contributed by atoms with E-state index in [-0.39, 0.29) is 17.7 Å². The van der Waals surface area contributed by atoms with E-state index < -0.39 is 0 Å². The molecule has 37 heavy (non-hydrogen) atoms. The molecule has 11 heteroatoms. The summed E-state index contributed by atoms with van der Waals surface area (Å²) in [7, 11) is 1.46. The van der Waals surface area contributed by atoms with E-state index in [1.165, 1.54) is 24.7 Å². The molecule has 2 aromatic carbocycles. The summed E-state index contributed by atoms with van der Waals surface area (Å²) in [4.78, 5) is 51.6. The molecule has 0 aliphatic carbocycles. The molecule has 0 saturated carbocycles. The maximum absolute atomic E-state index is 13.3. The highest BCUT2D eigenvalue weighted by atomic mass is 32.1. The first-order valence-corrected chi connectivity index (χ1v) is 12.1. The molecular formula is C26H19N7O3S. The van der Waals surface area contributed by atoms with Gasteiger partial charge in [0.15, 0.2) is 0 Å². The van der Waals surface area contributed by atoms with Crippen LogP contribution in [0.5, 0.6) is 0 Å². The minimum Gasteiger partial charge on any atom is -0.382 e. The molecule has 0 spiro atoms. The van der Waals surface area contributed by atoms with E-state index in [0.29, 0.717) is 49.9 Å². The van der Waals surface area contributed by atoms with Gasteiger partial charge in [0.25, 0.3) is 17.7 Å². The Morgan fingerprint density at radius 2 is 1.84 bits per heavy atom. The Morgan fingerprint density at radius 1 is 1.03 bits per heavy atom. The summed E-state index contributed by atoms with van der Waals surface area (Å²) in [6.07, 6.45) is 3.05. The molecule has 4 N–H and O–H groups in total. The number of carbonyl (C=O) groups excluding carboxylic acids is 3. The van der Waals surface area contributed by atoms with Gasteiger partial charge in [-0.1, -0.05) is 12.1 Å². The molecule has 5 aromatic rings. The second-order valence-electron chi connectivity index (χ2n) is 8.64. The number of nitrogens with two attached hydrogens (primary N) is 1. The number of hydrogen-bond acceptors (Lipinski definition) is 9. The smallest absolute Gasteiger partial charge is 0.261 e. The maximum Gasteiger partial charge on any atom is 0.261 e. The fourth-order valence-electron chi connectivity index (χ4n) is 4.36. The fourth-order valence-corrected chi connectivity index (χ4v) is 5.26. The van der Waals surface area contributed by atoms with Gasteiger partial charge in [0.05, 0.1) is 32.6 Å². The number of amides is 3. The van der Waals surface area contributed by atoms with Gasteiger partial charge in [-0.2, -0.15) is 0 Å². The van der Waals surface area contributed by atoms with Crippen LogP contribution in [0.2, 0.25) is 0 Å². The number of fused-ring (bicyclic) bond motifs is 3. The Hall–Kier alpha value is -4.90. The van der Waals surface area contributed by atoms with Crippen molar-refractivity contribution in [3.05, 3.63) is 76.6 Å². The number of nitrogens with one attached hydrogen (secondary N) is 2. The van der Waals surface area contributed by atoms with Crippen molar-refractivity contribution in [3.63, 3.8) is 0 Å². The first kappa shape index (κ1) is 22.6. The molecule has 0 fully saturated rings. The topological polar surface area (TPSA) is 143 Å². The number of thiophene rings is 1. The number of nitrogens with zero attached hydrogens (tertiary/aromatic N) is 4. The average Bonchev–Trinajstić information content (AvgIpc) is 3.42. The summed E-state index contributed by atoms with van der Waals surface area (Å²) in [6, 6.07) is 10.7. The highest BCUT2D eigenvalue weighted by Gasteiger charge is 2.32. The molecule has 0 radical (unpaired) electrons. The van der Waals surface area contributed by atoms with Gasteiger partial charge >= 0.3 is 0 Å². The Morgan fingerprint density at radius 3 is 2.68 bits per heavy atom. The molecule has 3 aromatic heterocycles. The number of pyridine rings is 1. The maximum atomic E-state index is 13.3. The van der Waals surface area contributed by atoms with Crippen molar-refractivity contribution in [3.8, 4) is 0 Å². The first-order chi connectivity index (χ1) is 17.8. The van der Waals surface area contributed by atoms with Crippen LogP contribution < -0.4 is 16.4 Å². The lowest BCUT2D eigenvalue weighted by atomic mass is 10.1. The van der Waals surface area contributed by atoms with Gasteiger partial charge in [-0.05, 0) is 36.8 Å². The minimum atomic E-state index is -0.344. The molecule has 6 rings (SSSR count). The summed E-state index contributed by atoms with van der Waals surface area (Å²) >= 11 is 1.32. The fraction of sp³-hybridized carbons (Fsp3) is 0.0769. The number of rotatable bonds is 4. The van der Waals surface area contributed by atoms with Crippen LogP contribution in [0.4, 0.5) is 23.0 Å². The van der Waals surface area contributed by atoms with Crippen molar-refractivity contribution < 1.29 is 14.4 Å². The number of hydrogen-bond donors (Lipinski definition) is 3. The highest BCUT2D eigenvalue weighted by molar-refractivity contribution is 7.18. The lowest BCUT2D eigenvalue weighted by Gasteiger charge is -2.13. The number of benzene rings is 2. The molecule has 1 aliphatic rings. The lowest BCUT2D eigenvalue weighted by Crippen LogP contribution is -2.24. The van der Waals surface area contributed by atoms with Crippen LogP contribution >= 0.6 is 11.3 Å². The number of aromatic nitrogens is 3. The van der Waals surface area contributed by atoms with E-state index in [4.69, 9.17) is 5.73 Å². The van der Waals surface area contributed by atoms with Crippen molar-refractivity contribution in [2.24, 2.45) is 0 Å². The van der Waals surface area contributed by atoms with Gasteiger partial charge in [0.1, 0.15) is 18.0 Å². The second kappa shape index (κ2) is 8.35. The predicted molar refractivity (Wildman–Crippen MR) is 142 cm³/mol. The summed E-state index contributed by atoms with van der Waals surface area (Å²) in [5.41, 5.74) is 9.70. The first-order valence-electron chi connectivity index (χ1n) is 11.2. The molecule has 0 saturated heterocycles. The van der Waals surface area contributed by atoms with Crippen LogP contribution in [0.1, 0.15) is 36.6 Å². The molecule has 0 unspecified atom stereocenters. The molecule has 4 heterocycles. The van der Waals surface area contributed by atoms with Crippen molar-refractivity contribution in [2.45, 2.75) is 6.92 Å². The predicted octanol–water partition coefficient (Wildman–Crippen LogP) is 4.35. The van der Waals surface area contributed by atoms with E-state index >= 15 is 0 Å². The van der Waals surface area contributed by atoms with Gasteiger partial charge in [0, 0.05) is 35.1 Å². The molecule has 182 valence electrons. The summed E-state index contributed by atoms with van der Waals surface area (Å²) < 4.78 is 0.665. The third kappa shape index (κ3) is 3.64. The van der Waals surface area contributed by atoms with E-state index in [1.54, 1.807) is 29.8 Å². The number of nitrogen functional groups attached to an aromatic ring is 1. The Bertz CT molecular complexity index is 1800. The zero-order valence-electron chi connectivity index (χ0n) is 19.7. The van der Waals surface area contributed by atoms with Crippen LogP contribution in [0, 0.1) is 6.92 Å². The van der Waals surface area contributed by atoms with Gasteiger partial charge in [-0.3, -0.25) is 19.3 Å². The molecule has 1 aliphatic heterocycles. The van der Waals surface area contributed by atoms with Crippen LogP contribution in [0.3, 0.4) is 0 Å². The van der Waals surface area contributed by atoms with Crippen molar-refractivity contribution in [1.29, 1.82) is 0 Å². The summed E-state index contributed by atoms with van der Waals surface area (Å²) in [5.74, 6) is -0.124. The van der Waals surface area contributed by atoms with Crippen LogP contribution in [-0.2, 0) is 0 Å². The number of aryl methyl sites for hydroxylation is 1. The Labute approximate surface area is 214 Å². The summed E-state index contributed by atoms with van der Waals surface area (Å²) in [5, 5.41) is 9.57. The average molecular weight is 510 g/mol. The van der Waals surface area contributed by atoms with Gasteiger partial charge in [-0.25, -0.2) is 15.0 Å². The zero-order chi connectivity index (χ0) is 25.8. The van der Waals surface area contributed by atoms with E-state index in [2.05, 4.69) is 25.6 Å². The van der Waals surface area contributed by atoms with Crippen molar-refractivity contribution in [1.82, 2.24) is 19.9 Å². The third-order valence-corrected chi connectivity index (χ3v) is 7.33. The van der Waals surface area contributed by atoms with Gasteiger partial charge in [0.2, 0.25) is 0 Å². The standard InChI is InChI=1S/C26H19N7O3S/c1-12-3-4-13-9-28-19(31-14-5-6-15-17(7-14)26(36)33(2)25(15)35)8-16(13)20(12)32-24(34)18-10-37-22-21(18)29-11-30-23(22)27/h3-11H,1-2H3,(H,28,31)(H,32,34)(H2,27,29,30). The van der Waals surface area contributed by atoms with Crippen LogP contribution in [-0.4, -0.2) is 44.6 Å². The molecule has 3 amide bonds. The minimum absolute atomic E-state index is 0.308. The second-order valence-corrected chi connectivity index (χ2v) is 9.52. The Kier molecular flexibility index (Phi) is 5.09. The van der Waals surface area contributed by atoms with Crippen LogP contribution in [0.25, 0.3) is 21.0 Å². The quantitative estimate of drug-likeness (QED) is 0.303. The van der Waals surface area contributed by atoms with Crippen molar-refractivity contribution >= 4 is 73.1 Å². The third-order valence-electron chi connectivity index (χ3n) is 6.34.